The van der Waals surface area contributed by atoms with E-state index < -0.39 is 0 Å². The van der Waals surface area contributed by atoms with Crippen LogP contribution in [0.3, 0.4) is 0 Å². The van der Waals surface area contributed by atoms with E-state index in [2.05, 4.69) is 25.4 Å². The lowest BCUT2D eigenvalue weighted by Crippen LogP contribution is -1.92. The van der Waals surface area contributed by atoms with E-state index in [1.165, 1.54) is 0 Å². The number of azo groups is 1. The molecule has 0 aliphatic heterocycles. The minimum Gasteiger partial charge on any atom is -0.493 e. The highest BCUT2D eigenvalue weighted by Gasteiger charge is 2.15. The van der Waals surface area contributed by atoms with Crippen LogP contribution < -0.4 is 0 Å². The Labute approximate surface area is 159 Å². The van der Waals surface area contributed by atoms with E-state index in [4.69, 9.17) is 0 Å². The third kappa shape index (κ3) is 2.27. The van der Waals surface area contributed by atoms with Crippen LogP contribution in [-0.4, -0.2) is 29.4 Å². The molecular weight excluding hydrogens is 354 g/mol. The van der Waals surface area contributed by atoms with Gasteiger partial charge in [0, 0.05) is 24.9 Å². The van der Waals surface area contributed by atoms with Gasteiger partial charge in [0.05, 0.1) is 11.0 Å². The molecule has 28 heavy (non-hydrogen) atoms. The number of aromatic nitrogens is 5. The first-order valence-electron chi connectivity index (χ1n) is 8.82. The monoisotopic (exact) mass is 371 g/mol. The minimum atomic E-state index is 0.0444. The van der Waals surface area contributed by atoms with Gasteiger partial charge in [-0.2, -0.15) is 4.98 Å². The number of hydrogen-bond donors (Lipinski definition) is 1. The lowest BCUT2D eigenvalue weighted by molar-refractivity contribution is 0.436. The first-order chi connectivity index (χ1) is 13.5. The van der Waals surface area contributed by atoms with Crippen molar-refractivity contribution in [3.63, 3.8) is 0 Å². The number of fused-ring (bicyclic) bond motifs is 4. The van der Waals surface area contributed by atoms with Gasteiger partial charge in [-0.25, -0.2) is 0 Å². The Balaban J connectivity index is 1.64. The predicted octanol–water partition coefficient (Wildman–Crippen LogP) is 4.44. The van der Waals surface area contributed by atoms with Crippen LogP contribution in [0.5, 0.6) is 5.88 Å². The van der Waals surface area contributed by atoms with Crippen molar-refractivity contribution in [2.24, 2.45) is 24.3 Å². The van der Waals surface area contributed by atoms with Crippen LogP contribution in [0.1, 0.15) is 5.56 Å². The molecule has 5 rings (SSSR count). The van der Waals surface area contributed by atoms with Gasteiger partial charge >= 0.3 is 0 Å². The van der Waals surface area contributed by atoms with Crippen molar-refractivity contribution in [3.8, 4) is 5.88 Å². The van der Waals surface area contributed by atoms with E-state index in [1.54, 1.807) is 11.6 Å². The highest BCUT2D eigenvalue weighted by atomic mass is 16.3. The molecule has 0 saturated heterocycles. The second kappa shape index (κ2) is 5.85. The zero-order valence-corrected chi connectivity index (χ0v) is 15.6. The number of aromatic hydroxyl groups is 1. The van der Waals surface area contributed by atoms with Gasteiger partial charge in [0.2, 0.25) is 5.88 Å². The molecule has 0 aliphatic carbocycles. The Morgan fingerprint density at radius 2 is 1.68 bits per heavy atom. The Hall–Kier alpha value is -3.81. The summed E-state index contributed by atoms with van der Waals surface area (Å²) >= 11 is 0. The van der Waals surface area contributed by atoms with Crippen molar-refractivity contribution < 1.29 is 5.11 Å². The largest absolute Gasteiger partial charge is 0.493 e. The third-order valence-corrected chi connectivity index (χ3v) is 5.03. The van der Waals surface area contributed by atoms with Gasteiger partial charge in [-0.05, 0) is 25.1 Å². The standard InChI is InChI=1S/C20H17N7O/c1-11-8-9-15-13(10-11)17(19(28)27(15)3)23-25-20-21-18-16(22-24-20)12-6-4-5-7-14(12)26(18)2/h4-10,28H,1-3H3. The van der Waals surface area contributed by atoms with Crippen LogP contribution in [0.4, 0.5) is 11.6 Å². The van der Waals surface area contributed by atoms with Crippen LogP contribution in [0.2, 0.25) is 0 Å². The van der Waals surface area contributed by atoms with E-state index in [9.17, 15) is 5.11 Å². The molecule has 1 N–H and O–H groups in total. The fourth-order valence-electron chi connectivity index (χ4n) is 3.56. The third-order valence-electron chi connectivity index (χ3n) is 5.03. The highest BCUT2D eigenvalue weighted by Crippen LogP contribution is 2.39. The van der Waals surface area contributed by atoms with Crippen molar-refractivity contribution in [2.45, 2.75) is 6.92 Å². The van der Waals surface area contributed by atoms with Crippen LogP contribution in [-0.2, 0) is 14.1 Å². The summed E-state index contributed by atoms with van der Waals surface area (Å²) in [5.41, 5.74) is 4.77. The highest BCUT2D eigenvalue weighted by molar-refractivity contribution is 6.04. The molecule has 3 aromatic heterocycles. The average molecular weight is 371 g/mol. The molecule has 8 heteroatoms. The quantitative estimate of drug-likeness (QED) is 0.464. The summed E-state index contributed by atoms with van der Waals surface area (Å²) in [6.07, 6.45) is 0. The molecule has 8 nitrogen and oxygen atoms in total. The minimum absolute atomic E-state index is 0.0444. The van der Waals surface area contributed by atoms with E-state index in [1.807, 2.05) is 61.0 Å². The molecular formula is C20H17N7O. The maximum absolute atomic E-state index is 10.5. The zero-order valence-electron chi connectivity index (χ0n) is 15.6. The first kappa shape index (κ1) is 16.4. The van der Waals surface area contributed by atoms with E-state index >= 15 is 0 Å². The molecule has 0 unspecified atom stereocenters. The van der Waals surface area contributed by atoms with Gasteiger partial charge < -0.3 is 14.2 Å². The van der Waals surface area contributed by atoms with Crippen LogP contribution in [0, 0.1) is 6.92 Å². The lowest BCUT2D eigenvalue weighted by Gasteiger charge is -1.96. The molecule has 0 amide bonds. The van der Waals surface area contributed by atoms with Crippen LogP contribution in [0.15, 0.2) is 52.7 Å². The van der Waals surface area contributed by atoms with Crippen LogP contribution in [0.25, 0.3) is 33.0 Å². The van der Waals surface area contributed by atoms with Gasteiger partial charge in [0.15, 0.2) is 11.3 Å². The molecule has 3 heterocycles. The SMILES string of the molecule is Cc1ccc2c(c1)c(N=Nc1nnc3c4ccccc4n(C)c3n1)c(O)n2C. The van der Waals surface area contributed by atoms with Crippen molar-refractivity contribution in [1.29, 1.82) is 0 Å². The molecule has 138 valence electrons. The molecule has 5 aromatic rings. The smallest absolute Gasteiger partial charge is 0.289 e. The molecule has 0 atom stereocenters. The van der Waals surface area contributed by atoms with Gasteiger partial charge in [0.1, 0.15) is 5.52 Å². The maximum Gasteiger partial charge on any atom is 0.289 e. The second-order valence-electron chi connectivity index (χ2n) is 6.81. The predicted molar refractivity (Wildman–Crippen MR) is 107 cm³/mol. The summed E-state index contributed by atoms with van der Waals surface area (Å²) in [6, 6.07) is 13.8. The van der Waals surface area contributed by atoms with Crippen molar-refractivity contribution in [3.05, 3.63) is 48.0 Å². The number of rotatable bonds is 2. The summed E-state index contributed by atoms with van der Waals surface area (Å²) in [5.74, 6) is 0.186. The molecule has 0 saturated carbocycles. The first-order valence-corrected chi connectivity index (χ1v) is 8.82. The van der Waals surface area contributed by atoms with E-state index in [0.717, 1.165) is 32.9 Å². The van der Waals surface area contributed by atoms with Crippen molar-refractivity contribution in [2.75, 3.05) is 0 Å². The summed E-state index contributed by atoms with van der Waals surface area (Å²) in [5, 5.41) is 29.0. The fourth-order valence-corrected chi connectivity index (χ4v) is 3.56. The fraction of sp³-hybridized carbons (Fsp3) is 0.150. The molecule has 2 aromatic carbocycles. The number of aryl methyl sites for hydroxylation is 3. The number of para-hydroxylation sites is 1. The van der Waals surface area contributed by atoms with Gasteiger partial charge in [-0.3, -0.25) is 0 Å². The molecule has 0 aliphatic rings. The number of hydrogen-bond acceptors (Lipinski definition) is 6. The zero-order chi connectivity index (χ0) is 19.4. The topological polar surface area (TPSA) is 93.5 Å². The maximum atomic E-state index is 10.5. The van der Waals surface area contributed by atoms with Crippen molar-refractivity contribution >= 4 is 44.6 Å². The second-order valence-corrected chi connectivity index (χ2v) is 6.81. The molecule has 0 radical (unpaired) electrons. The average Bonchev–Trinajstić information content (AvgIpc) is 3.12. The lowest BCUT2D eigenvalue weighted by atomic mass is 10.1. The summed E-state index contributed by atoms with van der Waals surface area (Å²) in [6.45, 7) is 1.99. The normalized spacial score (nSPS) is 12.1. The van der Waals surface area contributed by atoms with E-state index in [-0.39, 0.29) is 11.8 Å². The Kier molecular flexibility index (Phi) is 3.42. The Bertz CT molecular complexity index is 1410. The Morgan fingerprint density at radius 3 is 2.54 bits per heavy atom. The van der Waals surface area contributed by atoms with Crippen molar-refractivity contribution in [1.82, 2.24) is 24.3 Å². The molecule has 0 fully saturated rings. The summed E-state index contributed by atoms with van der Waals surface area (Å²) in [7, 11) is 3.71. The summed E-state index contributed by atoms with van der Waals surface area (Å²) in [4.78, 5) is 4.50. The van der Waals surface area contributed by atoms with Gasteiger partial charge in [-0.15, -0.1) is 20.4 Å². The van der Waals surface area contributed by atoms with E-state index in [0.29, 0.717) is 11.3 Å². The van der Waals surface area contributed by atoms with Gasteiger partial charge in [-0.1, -0.05) is 29.8 Å². The van der Waals surface area contributed by atoms with Gasteiger partial charge in [0.25, 0.3) is 5.95 Å². The summed E-state index contributed by atoms with van der Waals surface area (Å²) < 4.78 is 3.63. The number of benzene rings is 2. The van der Waals surface area contributed by atoms with Crippen LogP contribution >= 0.6 is 0 Å². The Morgan fingerprint density at radius 1 is 0.893 bits per heavy atom. The molecule has 0 spiro atoms. The molecule has 0 bridgehead atoms. The number of nitrogens with zero attached hydrogens (tertiary/aromatic N) is 7.